The molecule has 5 nitrogen and oxygen atoms in total. The van der Waals surface area contributed by atoms with Crippen LogP contribution in [0, 0.1) is 0 Å². The molecule has 112 valence electrons. The van der Waals surface area contributed by atoms with Crippen LogP contribution in [0.2, 0.25) is 4.34 Å². The molecule has 2 heterocycles. The average Bonchev–Trinajstić information content (AvgIpc) is 2.89. The molecule has 0 saturated heterocycles. The molecule has 0 fully saturated rings. The highest BCUT2D eigenvalue weighted by Crippen LogP contribution is 2.28. The van der Waals surface area contributed by atoms with Crippen LogP contribution in [-0.4, -0.2) is 24.1 Å². The minimum Gasteiger partial charge on any atom is -0.374 e. The number of hydrogen-bond donors (Lipinski definition) is 1. The molecule has 0 aliphatic carbocycles. The van der Waals surface area contributed by atoms with Gasteiger partial charge in [-0.2, -0.15) is 0 Å². The fraction of sp³-hybridized carbons (Fsp3) is 0.286. The molecule has 0 aliphatic rings. The van der Waals surface area contributed by atoms with Gasteiger partial charge in [-0.25, -0.2) is 0 Å². The van der Waals surface area contributed by atoms with Gasteiger partial charge in [-0.1, -0.05) is 11.6 Å². The van der Waals surface area contributed by atoms with Gasteiger partial charge < -0.3 is 14.6 Å². The highest BCUT2D eigenvalue weighted by molar-refractivity contribution is 7.16. The Balaban J connectivity index is 2.06. The van der Waals surface area contributed by atoms with Crippen molar-refractivity contribution in [2.24, 2.45) is 7.05 Å². The van der Waals surface area contributed by atoms with Crippen molar-refractivity contribution in [1.82, 2.24) is 9.88 Å². The molecule has 2 aromatic heterocycles. The van der Waals surface area contributed by atoms with Crippen molar-refractivity contribution in [2.75, 3.05) is 13.7 Å². The predicted molar refractivity (Wildman–Crippen MR) is 83.1 cm³/mol. The van der Waals surface area contributed by atoms with E-state index in [1.165, 1.54) is 22.0 Å². The van der Waals surface area contributed by atoms with Crippen LogP contribution in [0.4, 0.5) is 0 Å². The lowest BCUT2D eigenvalue weighted by molar-refractivity contribution is 0.0836. The third-order valence-electron chi connectivity index (χ3n) is 3.01. The number of methoxy groups -OCH3 is 1. The fourth-order valence-electron chi connectivity index (χ4n) is 1.85. The van der Waals surface area contributed by atoms with Gasteiger partial charge in [0.1, 0.15) is 11.7 Å². The zero-order valence-corrected chi connectivity index (χ0v) is 13.2. The Labute approximate surface area is 131 Å². The second-order valence-corrected chi connectivity index (χ2v) is 6.16. The van der Waals surface area contributed by atoms with Crippen molar-refractivity contribution < 1.29 is 9.53 Å². The number of nitrogens with one attached hydrogen (secondary N) is 1. The number of ether oxygens (including phenoxy) is 1. The summed E-state index contributed by atoms with van der Waals surface area (Å²) in [5, 5.41) is 2.71. The molecule has 2 rings (SSSR count). The van der Waals surface area contributed by atoms with E-state index in [0.717, 1.165) is 4.88 Å². The molecule has 0 aliphatic heterocycles. The summed E-state index contributed by atoms with van der Waals surface area (Å²) in [4.78, 5) is 24.8. The summed E-state index contributed by atoms with van der Waals surface area (Å²) in [6.45, 7) is 0.268. The van der Waals surface area contributed by atoms with Gasteiger partial charge in [-0.3, -0.25) is 9.59 Å². The lowest BCUT2D eigenvalue weighted by Crippen LogP contribution is -2.34. The molecule has 0 unspecified atom stereocenters. The summed E-state index contributed by atoms with van der Waals surface area (Å²) in [6, 6.07) is 6.79. The standard InChI is InChI=1S/C14H15ClN2O3S/c1-17-7-3-4-9(14(17)19)13(18)16-8-10(20-2)11-5-6-12(15)21-11/h3-7,10H,8H2,1-2H3,(H,16,18)/t10-/m0/s1. The van der Waals surface area contributed by atoms with Crippen LogP contribution in [0.5, 0.6) is 0 Å². The van der Waals surface area contributed by atoms with E-state index in [0.29, 0.717) is 4.34 Å². The zero-order chi connectivity index (χ0) is 15.4. The number of thiophene rings is 1. The molecule has 0 bridgehead atoms. The van der Waals surface area contributed by atoms with E-state index in [2.05, 4.69) is 5.32 Å². The zero-order valence-electron chi connectivity index (χ0n) is 11.6. The number of hydrogen-bond acceptors (Lipinski definition) is 4. The van der Waals surface area contributed by atoms with Crippen molar-refractivity contribution in [3.63, 3.8) is 0 Å². The van der Waals surface area contributed by atoms with E-state index in [4.69, 9.17) is 16.3 Å². The highest BCUT2D eigenvalue weighted by Gasteiger charge is 2.16. The second-order valence-electron chi connectivity index (χ2n) is 4.41. The molecule has 0 spiro atoms. The van der Waals surface area contributed by atoms with Crippen LogP contribution in [0.3, 0.4) is 0 Å². The molecule has 21 heavy (non-hydrogen) atoms. The summed E-state index contributed by atoms with van der Waals surface area (Å²) in [5.74, 6) is -0.416. The number of carbonyl (C=O) groups is 1. The number of rotatable bonds is 5. The van der Waals surface area contributed by atoms with Gasteiger partial charge in [0, 0.05) is 31.8 Å². The van der Waals surface area contributed by atoms with Crippen LogP contribution >= 0.6 is 22.9 Å². The Bertz CT molecular complexity index is 696. The van der Waals surface area contributed by atoms with Gasteiger partial charge in [-0.05, 0) is 24.3 Å². The monoisotopic (exact) mass is 326 g/mol. The predicted octanol–water partition coefficient (Wildman–Crippen LogP) is 2.22. The quantitative estimate of drug-likeness (QED) is 0.916. The topological polar surface area (TPSA) is 60.3 Å². The number of amides is 1. The molecule has 0 saturated carbocycles. The number of pyridine rings is 1. The first-order valence-corrected chi connectivity index (χ1v) is 7.44. The minimum atomic E-state index is -0.416. The van der Waals surface area contributed by atoms with Crippen LogP contribution in [0.1, 0.15) is 21.3 Å². The van der Waals surface area contributed by atoms with E-state index in [1.54, 1.807) is 32.5 Å². The Morgan fingerprint density at radius 1 is 1.48 bits per heavy atom. The van der Waals surface area contributed by atoms with Gasteiger partial charge >= 0.3 is 0 Å². The highest BCUT2D eigenvalue weighted by atomic mass is 35.5. The summed E-state index contributed by atoms with van der Waals surface area (Å²) >= 11 is 7.29. The summed E-state index contributed by atoms with van der Waals surface area (Å²) in [5.41, 5.74) is -0.220. The fourth-order valence-corrected chi connectivity index (χ4v) is 2.99. The summed E-state index contributed by atoms with van der Waals surface area (Å²) < 4.78 is 7.37. The van der Waals surface area contributed by atoms with E-state index in [1.807, 2.05) is 6.07 Å². The lowest BCUT2D eigenvalue weighted by Gasteiger charge is -2.14. The van der Waals surface area contributed by atoms with Crippen molar-refractivity contribution in [2.45, 2.75) is 6.10 Å². The van der Waals surface area contributed by atoms with Crippen molar-refractivity contribution in [3.8, 4) is 0 Å². The van der Waals surface area contributed by atoms with Gasteiger partial charge in [-0.15, -0.1) is 11.3 Å². The largest absolute Gasteiger partial charge is 0.374 e. The Morgan fingerprint density at radius 2 is 2.24 bits per heavy atom. The van der Waals surface area contributed by atoms with Gasteiger partial charge in [0.2, 0.25) is 0 Å². The molecular formula is C14H15ClN2O3S. The summed E-state index contributed by atoms with van der Waals surface area (Å²) in [6.07, 6.45) is 1.31. The SMILES string of the molecule is CO[C@@H](CNC(=O)c1cccn(C)c1=O)c1ccc(Cl)s1. The van der Waals surface area contributed by atoms with Crippen molar-refractivity contribution >= 4 is 28.8 Å². The normalized spacial score (nSPS) is 12.1. The number of nitrogens with zero attached hydrogens (tertiary/aromatic N) is 1. The minimum absolute atomic E-state index is 0.110. The smallest absolute Gasteiger partial charge is 0.263 e. The molecule has 1 N–H and O–H groups in total. The lowest BCUT2D eigenvalue weighted by atomic mass is 10.2. The van der Waals surface area contributed by atoms with E-state index >= 15 is 0 Å². The van der Waals surface area contributed by atoms with Crippen LogP contribution in [0.15, 0.2) is 35.3 Å². The maximum Gasteiger partial charge on any atom is 0.263 e. The number of carbonyl (C=O) groups excluding carboxylic acids is 1. The first-order chi connectivity index (χ1) is 10.0. The molecule has 2 aromatic rings. The molecule has 0 aromatic carbocycles. The van der Waals surface area contributed by atoms with Crippen molar-refractivity contribution in [1.29, 1.82) is 0 Å². The van der Waals surface area contributed by atoms with Gasteiger partial charge in [0.05, 0.1) is 4.34 Å². The molecule has 7 heteroatoms. The third kappa shape index (κ3) is 3.72. The average molecular weight is 327 g/mol. The molecular weight excluding hydrogens is 312 g/mol. The Kier molecular flexibility index (Phi) is 5.17. The Morgan fingerprint density at radius 3 is 2.86 bits per heavy atom. The Hall–Kier alpha value is -1.63. The second kappa shape index (κ2) is 6.89. The number of aryl methyl sites for hydroxylation is 1. The van der Waals surface area contributed by atoms with Crippen molar-refractivity contribution in [3.05, 3.63) is 55.6 Å². The van der Waals surface area contributed by atoms with Crippen LogP contribution < -0.4 is 10.9 Å². The van der Waals surface area contributed by atoms with E-state index in [9.17, 15) is 9.59 Å². The maximum absolute atomic E-state index is 12.1. The molecule has 0 radical (unpaired) electrons. The maximum atomic E-state index is 12.1. The first-order valence-electron chi connectivity index (χ1n) is 6.24. The first kappa shape index (κ1) is 15.8. The third-order valence-corrected chi connectivity index (χ3v) is 4.34. The van der Waals surface area contributed by atoms with Crippen LogP contribution in [0.25, 0.3) is 0 Å². The van der Waals surface area contributed by atoms with Gasteiger partial charge in [0.15, 0.2) is 0 Å². The summed E-state index contributed by atoms with van der Waals surface area (Å²) in [7, 11) is 3.16. The van der Waals surface area contributed by atoms with E-state index in [-0.39, 0.29) is 23.8 Å². The number of aromatic nitrogens is 1. The van der Waals surface area contributed by atoms with Gasteiger partial charge in [0.25, 0.3) is 11.5 Å². The molecule has 1 atom stereocenters. The van der Waals surface area contributed by atoms with Crippen LogP contribution in [-0.2, 0) is 11.8 Å². The van der Waals surface area contributed by atoms with E-state index < -0.39 is 5.91 Å². The number of halogens is 1. The molecule has 1 amide bonds.